The summed E-state index contributed by atoms with van der Waals surface area (Å²) in [5, 5.41) is 0. The number of aryl methyl sites for hydroxylation is 2. The molecule has 1 saturated heterocycles. The van der Waals surface area contributed by atoms with Gasteiger partial charge in [-0.25, -0.2) is 8.42 Å². The van der Waals surface area contributed by atoms with E-state index in [2.05, 4.69) is 0 Å². The van der Waals surface area contributed by atoms with E-state index in [-0.39, 0.29) is 5.91 Å². The first-order chi connectivity index (χ1) is 13.7. The number of piperazine rings is 1. The molecule has 5 nitrogen and oxygen atoms in total. The molecule has 29 heavy (non-hydrogen) atoms. The van der Waals surface area contributed by atoms with Crippen molar-refractivity contribution in [2.24, 2.45) is 0 Å². The van der Waals surface area contributed by atoms with Gasteiger partial charge in [-0.3, -0.25) is 4.79 Å². The van der Waals surface area contributed by atoms with E-state index in [0.717, 1.165) is 27.8 Å². The molecule has 0 atom stereocenters. The zero-order valence-corrected chi connectivity index (χ0v) is 18.3. The van der Waals surface area contributed by atoms with Gasteiger partial charge in [0.2, 0.25) is 15.9 Å². The fourth-order valence-corrected chi connectivity index (χ4v) is 5.68. The van der Waals surface area contributed by atoms with Gasteiger partial charge < -0.3 is 4.90 Å². The number of hydrogen-bond acceptors (Lipinski definition) is 3. The number of nitrogens with zero attached hydrogens (tertiary/aromatic N) is 2. The second-order valence-corrected chi connectivity index (χ2v) is 9.44. The minimum Gasteiger partial charge on any atom is -0.337 e. The number of hydrogen-bond donors (Lipinski definition) is 0. The van der Waals surface area contributed by atoms with Crippen molar-refractivity contribution < 1.29 is 13.2 Å². The van der Waals surface area contributed by atoms with Gasteiger partial charge in [-0.05, 0) is 61.6 Å². The van der Waals surface area contributed by atoms with Crippen molar-refractivity contribution in [3.8, 4) is 0 Å². The van der Waals surface area contributed by atoms with Gasteiger partial charge in [0.05, 0.1) is 4.90 Å². The molecular formula is C23H28N2O3S. The van der Waals surface area contributed by atoms with Crippen molar-refractivity contribution in [2.75, 3.05) is 26.2 Å². The highest BCUT2D eigenvalue weighted by Gasteiger charge is 2.32. The lowest BCUT2D eigenvalue weighted by Crippen LogP contribution is -2.50. The predicted molar refractivity (Wildman–Crippen MR) is 116 cm³/mol. The molecule has 6 heteroatoms. The third kappa shape index (κ3) is 4.43. The molecule has 0 N–H and O–H groups in total. The van der Waals surface area contributed by atoms with Gasteiger partial charge in [0.1, 0.15) is 0 Å². The number of sulfonamides is 1. The average molecular weight is 413 g/mol. The van der Waals surface area contributed by atoms with E-state index in [1.165, 1.54) is 4.31 Å². The molecule has 0 saturated carbocycles. The smallest absolute Gasteiger partial charge is 0.246 e. The first-order valence-electron chi connectivity index (χ1n) is 9.81. The fourth-order valence-electron chi connectivity index (χ4n) is 3.68. The quantitative estimate of drug-likeness (QED) is 0.723. The lowest BCUT2D eigenvalue weighted by atomic mass is 10.0. The minimum atomic E-state index is -3.60. The van der Waals surface area contributed by atoms with Gasteiger partial charge in [-0.2, -0.15) is 4.31 Å². The molecule has 3 rings (SSSR count). The largest absolute Gasteiger partial charge is 0.337 e. The lowest BCUT2D eigenvalue weighted by Gasteiger charge is -2.34. The third-order valence-corrected chi connectivity index (χ3v) is 7.84. The molecule has 0 bridgehead atoms. The maximum absolute atomic E-state index is 13.3. The molecular weight excluding hydrogens is 384 g/mol. The third-order valence-electron chi connectivity index (χ3n) is 5.66. The monoisotopic (exact) mass is 412 g/mol. The molecule has 1 heterocycles. The lowest BCUT2D eigenvalue weighted by molar-refractivity contribution is -0.127. The van der Waals surface area contributed by atoms with Gasteiger partial charge in [-0.1, -0.05) is 36.4 Å². The molecule has 0 aromatic heterocycles. The standard InChI is InChI=1S/C23H28N2O3S/c1-17-16-18(2)20(4)23(19(17)3)29(27,28)25-14-12-24(13-15-25)22(26)11-10-21-8-6-5-7-9-21/h5-11,16H,12-15H2,1-4H3/b11-10+. The van der Waals surface area contributed by atoms with Crippen molar-refractivity contribution in [1.29, 1.82) is 0 Å². The summed E-state index contributed by atoms with van der Waals surface area (Å²) in [5.74, 6) is -0.0929. The molecule has 1 amide bonds. The van der Waals surface area contributed by atoms with Crippen LogP contribution in [0.4, 0.5) is 0 Å². The fraction of sp³-hybridized carbons (Fsp3) is 0.348. The Bertz CT molecular complexity index is 1010. The van der Waals surface area contributed by atoms with Gasteiger partial charge in [0.15, 0.2) is 0 Å². The van der Waals surface area contributed by atoms with E-state index in [9.17, 15) is 13.2 Å². The maximum Gasteiger partial charge on any atom is 0.246 e. The van der Waals surface area contributed by atoms with Crippen LogP contribution in [-0.2, 0) is 14.8 Å². The average Bonchev–Trinajstić information content (AvgIpc) is 2.71. The van der Waals surface area contributed by atoms with Crippen LogP contribution in [0.5, 0.6) is 0 Å². The zero-order chi connectivity index (χ0) is 21.2. The van der Waals surface area contributed by atoms with E-state index >= 15 is 0 Å². The Balaban J connectivity index is 1.72. The molecule has 1 aliphatic rings. The number of amides is 1. The van der Waals surface area contributed by atoms with Crippen molar-refractivity contribution >= 4 is 22.0 Å². The molecule has 0 aliphatic carbocycles. The molecule has 0 spiro atoms. The van der Waals surface area contributed by atoms with Crippen LogP contribution in [-0.4, -0.2) is 49.7 Å². The van der Waals surface area contributed by atoms with Crippen LogP contribution in [0.3, 0.4) is 0 Å². The maximum atomic E-state index is 13.3. The Morgan fingerprint density at radius 2 is 1.45 bits per heavy atom. The summed E-state index contributed by atoms with van der Waals surface area (Å²) in [4.78, 5) is 14.6. The van der Waals surface area contributed by atoms with Crippen molar-refractivity contribution in [2.45, 2.75) is 32.6 Å². The van der Waals surface area contributed by atoms with Crippen LogP contribution >= 0.6 is 0 Å². The van der Waals surface area contributed by atoms with Crippen LogP contribution in [0, 0.1) is 27.7 Å². The van der Waals surface area contributed by atoms with Crippen molar-refractivity contribution in [3.63, 3.8) is 0 Å². The van der Waals surface area contributed by atoms with Crippen LogP contribution in [0.2, 0.25) is 0 Å². The summed E-state index contributed by atoms with van der Waals surface area (Å²) in [6.45, 7) is 9.00. The summed E-state index contributed by atoms with van der Waals surface area (Å²) >= 11 is 0. The number of carbonyl (C=O) groups excluding carboxylic acids is 1. The molecule has 1 aliphatic heterocycles. The highest BCUT2D eigenvalue weighted by atomic mass is 32.2. The molecule has 2 aromatic carbocycles. The summed E-state index contributed by atoms with van der Waals surface area (Å²) in [5.41, 5.74) is 4.52. The molecule has 154 valence electrons. The second-order valence-electron chi connectivity index (χ2n) is 7.56. The van der Waals surface area contributed by atoms with Gasteiger partial charge in [-0.15, -0.1) is 0 Å². The Morgan fingerprint density at radius 1 is 0.897 bits per heavy atom. The van der Waals surface area contributed by atoms with E-state index < -0.39 is 10.0 Å². The van der Waals surface area contributed by atoms with E-state index in [1.54, 1.807) is 17.1 Å². The number of carbonyl (C=O) groups is 1. The van der Waals surface area contributed by atoms with Gasteiger partial charge >= 0.3 is 0 Å². The Labute approximate surface area is 173 Å². The van der Waals surface area contributed by atoms with Crippen molar-refractivity contribution in [3.05, 3.63) is 70.3 Å². The van der Waals surface area contributed by atoms with E-state index in [0.29, 0.717) is 31.1 Å². The van der Waals surface area contributed by atoms with Crippen molar-refractivity contribution in [1.82, 2.24) is 9.21 Å². The SMILES string of the molecule is Cc1cc(C)c(C)c(S(=O)(=O)N2CCN(C(=O)/C=C/c3ccccc3)CC2)c1C. The first kappa shape index (κ1) is 21.3. The summed E-state index contributed by atoms with van der Waals surface area (Å²) in [7, 11) is -3.60. The van der Waals surface area contributed by atoms with E-state index in [4.69, 9.17) is 0 Å². The summed E-state index contributed by atoms with van der Waals surface area (Å²) in [6, 6.07) is 11.7. The number of benzene rings is 2. The normalized spacial score (nSPS) is 15.8. The number of rotatable bonds is 4. The summed E-state index contributed by atoms with van der Waals surface area (Å²) in [6.07, 6.45) is 3.34. The van der Waals surface area contributed by atoms with Crippen LogP contribution < -0.4 is 0 Å². The highest BCUT2D eigenvalue weighted by molar-refractivity contribution is 7.89. The van der Waals surface area contributed by atoms with Gasteiger partial charge in [0, 0.05) is 32.3 Å². The molecule has 1 fully saturated rings. The molecule has 2 aromatic rings. The van der Waals surface area contributed by atoms with Gasteiger partial charge in [0.25, 0.3) is 0 Å². The summed E-state index contributed by atoms with van der Waals surface area (Å²) < 4.78 is 28.2. The Morgan fingerprint density at radius 3 is 2.00 bits per heavy atom. The molecule has 0 radical (unpaired) electrons. The Hall–Kier alpha value is -2.44. The topological polar surface area (TPSA) is 57.7 Å². The van der Waals surface area contributed by atoms with Crippen LogP contribution in [0.1, 0.15) is 27.8 Å². The zero-order valence-electron chi connectivity index (χ0n) is 17.5. The van der Waals surface area contributed by atoms with Crippen LogP contribution in [0.25, 0.3) is 6.08 Å². The second kappa shape index (κ2) is 8.51. The van der Waals surface area contributed by atoms with E-state index in [1.807, 2.05) is 64.1 Å². The predicted octanol–water partition coefficient (Wildman–Crippen LogP) is 3.47. The minimum absolute atomic E-state index is 0.0929. The Kier molecular flexibility index (Phi) is 6.24. The highest BCUT2D eigenvalue weighted by Crippen LogP contribution is 2.29. The van der Waals surface area contributed by atoms with Crippen LogP contribution in [0.15, 0.2) is 47.4 Å². The molecule has 0 unspecified atom stereocenters. The first-order valence-corrected chi connectivity index (χ1v) is 11.3.